The second-order valence-electron chi connectivity index (χ2n) is 5.57. The molecule has 0 unspecified atom stereocenters. The molecule has 7 heteroatoms. The molecule has 0 radical (unpaired) electrons. The number of urea groups is 1. The van der Waals surface area contributed by atoms with Crippen LogP contribution >= 0.6 is 15.9 Å². The SMILES string of the molecule is COc1ccc(C)cc1NC(=O)C[C@H](NC(N)=O)c1ccc(Br)cc1. The zero-order chi connectivity index (χ0) is 18.4. The monoisotopic (exact) mass is 405 g/mol. The second kappa shape index (κ2) is 8.53. The number of amides is 3. The van der Waals surface area contributed by atoms with Crippen LogP contribution in [0.1, 0.15) is 23.6 Å². The van der Waals surface area contributed by atoms with Gasteiger partial charge in [0.1, 0.15) is 5.75 Å². The summed E-state index contributed by atoms with van der Waals surface area (Å²) in [5.74, 6) is 0.313. The van der Waals surface area contributed by atoms with E-state index in [2.05, 4.69) is 26.6 Å². The van der Waals surface area contributed by atoms with Gasteiger partial charge in [0.2, 0.25) is 5.91 Å². The van der Waals surface area contributed by atoms with Crippen molar-refractivity contribution in [3.63, 3.8) is 0 Å². The molecule has 25 heavy (non-hydrogen) atoms. The fourth-order valence-corrected chi connectivity index (χ4v) is 2.69. The minimum absolute atomic E-state index is 0.0433. The number of hydrogen-bond acceptors (Lipinski definition) is 3. The van der Waals surface area contributed by atoms with Crippen LogP contribution in [0.5, 0.6) is 5.75 Å². The number of carbonyl (C=O) groups excluding carboxylic acids is 2. The van der Waals surface area contributed by atoms with Crippen LogP contribution in [0.4, 0.5) is 10.5 Å². The van der Waals surface area contributed by atoms with Crippen molar-refractivity contribution in [1.82, 2.24) is 5.32 Å². The molecular formula is C18H20BrN3O3. The van der Waals surface area contributed by atoms with Gasteiger partial charge < -0.3 is 21.1 Å². The minimum atomic E-state index is -0.686. The quantitative estimate of drug-likeness (QED) is 0.686. The summed E-state index contributed by atoms with van der Waals surface area (Å²) in [6.45, 7) is 1.92. The van der Waals surface area contributed by atoms with E-state index in [1.165, 1.54) is 0 Å². The van der Waals surface area contributed by atoms with Gasteiger partial charge in [0.25, 0.3) is 0 Å². The number of methoxy groups -OCH3 is 1. The molecule has 2 aromatic rings. The first-order chi connectivity index (χ1) is 11.9. The average Bonchev–Trinajstić information content (AvgIpc) is 2.54. The van der Waals surface area contributed by atoms with Crippen molar-refractivity contribution in [3.05, 3.63) is 58.1 Å². The van der Waals surface area contributed by atoms with Crippen LogP contribution in [-0.4, -0.2) is 19.0 Å². The number of nitrogens with two attached hydrogens (primary N) is 1. The summed E-state index contributed by atoms with van der Waals surface area (Å²) in [5.41, 5.74) is 7.61. The number of carbonyl (C=O) groups is 2. The summed E-state index contributed by atoms with van der Waals surface area (Å²) >= 11 is 3.36. The smallest absolute Gasteiger partial charge is 0.312 e. The van der Waals surface area contributed by atoms with Crippen molar-refractivity contribution in [2.45, 2.75) is 19.4 Å². The van der Waals surface area contributed by atoms with Gasteiger partial charge in [-0.15, -0.1) is 0 Å². The number of ether oxygens (including phenoxy) is 1. The van der Waals surface area contributed by atoms with Gasteiger partial charge in [-0.25, -0.2) is 4.79 Å². The number of nitrogens with one attached hydrogen (secondary N) is 2. The third-order valence-electron chi connectivity index (χ3n) is 3.61. The summed E-state index contributed by atoms with van der Waals surface area (Å²) in [4.78, 5) is 23.7. The van der Waals surface area contributed by atoms with E-state index in [-0.39, 0.29) is 12.3 Å². The maximum Gasteiger partial charge on any atom is 0.312 e. The summed E-state index contributed by atoms with van der Waals surface area (Å²) < 4.78 is 6.16. The van der Waals surface area contributed by atoms with Gasteiger partial charge in [-0.05, 0) is 42.3 Å². The summed E-state index contributed by atoms with van der Waals surface area (Å²) in [7, 11) is 1.54. The number of anilines is 1. The summed E-state index contributed by atoms with van der Waals surface area (Å²) in [5, 5.41) is 5.43. The lowest BCUT2D eigenvalue weighted by molar-refractivity contribution is -0.116. The Morgan fingerprint density at radius 1 is 1.20 bits per heavy atom. The number of aryl methyl sites for hydroxylation is 1. The normalized spacial score (nSPS) is 11.5. The highest BCUT2D eigenvalue weighted by Crippen LogP contribution is 2.26. The van der Waals surface area contributed by atoms with Crippen LogP contribution in [0, 0.1) is 6.92 Å². The standard InChI is InChI=1S/C18H20BrN3O3/c1-11-3-8-16(25-2)15(9-11)21-17(23)10-14(22-18(20)24)12-4-6-13(19)7-5-12/h3-9,14H,10H2,1-2H3,(H,21,23)(H3,20,22,24)/t14-/m0/s1. The van der Waals surface area contributed by atoms with Gasteiger partial charge in [-0.1, -0.05) is 34.1 Å². The van der Waals surface area contributed by atoms with E-state index < -0.39 is 12.1 Å². The molecule has 0 saturated carbocycles. The lowest BCUT2D eigenvalue weighted by Gasteiger charge is -2.18. The molecule has 0 fully saturated rings. The van der Waals surface area contributed by atoms with Gasteiger partial charge in [-0.3, -0.25) is 4.79 Å². The third-order valence-corrected chi connectivity index (χ3v) is 4.14. The Bertz CT molecular complexity index is 763. The van der Waals surface area contributed by atoms with E-state index in [9.17, 15) is 9.59 Å². The molecule has 4 N–H and O–H groups in total. The van der Waals surface area contributed by atoms with Crippen molar-refractivity contribution in [1.29, 1.82) is 0 Å². The zero-order valence-electron chi connectivity index (χ0n) is 14.0. The molecule has 0 spiro atoms. The van der Waals surface area contributed by atoms with Gasteiger partial charge in [0.15, 0.2) is 0 Å². The Morgan fingerprint density at radius 3 is 2.48 bits per heavy atom. The average molecular weight is 406 g/mol. The predicted molar refractivity (Wildman–Crippen MR) is 101 cm³/mol. The van der Waals surface area contributed by atoms with E-state index in [4.69, 9.17) is 10.5 Å². The van der Waals surface area contributed by atoms with E-state index in [0.717, 1.165) is 15.6 Å². The maximum absolute atomic E-state index is 12.5. The van der Waals surface area contributed by atoms with Crippen LogP contribution in [0.3, 0.4) is 0 Å². The molecule has 0 aliphatic carbocycles. The van der Waals surface area contributed by atoms with Gasteiger partial charge in [0.05, 0.1) is 25.3 Å². The molecule has 1 atom stereocenters. The molecule has 132 valence electrons. The van der Waals surface area contributed by atoms with Crippen LogP contribution < -0.4 is 21.1 Å². The molecule has 6 nitrogen and oxygen atoms in total. The van der Waals surface area contributed by atoms with Gasteiger partial charge in [0, 0.05) is 4.47 Å². The lowest BCUT2D eigenvalue weighted by Crippen LogP contribution is -2.35. The molecule has 0 aliphatic heterocycles. The third kappa shape index (κ3) is 5.49. The first-order valence-electron chi connectivity index (χ1n) is 7.65. The molecule has 3 amide bonds. The molecule has 0 bridgehead atoms. The highest BCUT2D eigenvalue weighted by atomic mass is 79.9. The number of rotatable bonds is 6. The first-order valence-corrected chi connectivity index (χ1v) is 8.44. The lowest BCUT2D eigenvalue weighted by atomic mass is 10.0. The molecule has 0 aliphatic rings. The predicted octanol–water partition coefficient (Wildman–Crippen LogP) is 3.50. The minimum Gasteiger partial charge on any atom is -0.495 e. The van der Waals surface area contributed by atoms with Gasteiger partial charge >= 0.3 is 6.03 Å². The Labute approximate surface area is 154 Å². The van der Waals surface area contributed by atoms with E-state index >= 15 is 0 Å². The molecule has 0 saturated heterocycles. The van der Waals surface area contributed by atoms with Crippen LogP contribution in [0.25, 0.3) is 0 Å². The molecule has 2 aromatic carbocycles. The Kier molecular flexibility index (Phi) is 6.41. The van der Waals surface area contributed by atoms with Crippen molar-refractivity contribution in [2.75, 3.05) is 12.4 Å². The fourth-order valence-electron chi connectivity index (χ4n) is 2.43. The summed E-state index contributed by atoms with van der Waals surface area (Å²) in [6.07, 6.45) is 0.0433. The first kappa shape index (κ1) is 18.8. The van der Waals surface area contributed by atoms with E-state index in [1.807, 2.05) is 43.3 Å². The Morgan fingerprint density at radius 2 is 1.88 bits per heavy atom. The highest BCUT2D eigenvalue weighted by Gasteiger charge is 2.18. The van der Waals surface area contributed by atoms with E-state index in [1.54, 1.807) is 13.2 Å². The fraction of sp³-hybridized carbons (Fsp3) is 0.222. The van der Waals surface area contributed by atoms with Crippen molar-refractivity contribution in [2.24, 2.45) is 5.73 Å². The second-order valence-corrected chi connectivity index (χ2v) is 6.48. The molecule has 0 heterocycles. The van der Waals surface area contributed by atoms with Crippen molar-refractivity contribution >= 4 is 33.6 Å². The number of primary amides is 1. The number of halogens is 1. The number of benzene rings is 2. The molecule has 0 aromatic heterocycles. The van der Waals surface area contributed by atoms with Crippen LogP contribution in [0.15, 0.2) is 46.9 Å². The topological polar surface area (TPSA) is 93.4 Å². The van der Waals surface area contributed by atoms with Crippen LogP contribution in [-0.2, 0) is 4.79 Å². The van der Waals surface area contributed by atoms with Crippen LogP contribution in [0.2, 0.25) is 0 Å². The largest absolute Gasteiger partial charge is 0.495 e. The van der Waals surface area contributed by atoms with Crippen molar-refractivity contribution < 1.29 is 14.3 Å². The van der Waals surface area contributed by atoms with Crippen molar-refractivity contribution in [3.8, 4) is 5.75 Å². The summed E-state index contributed by atoms with van der Waals surface area (Å²) in [6, 6.07) is 11.6. The molecule has 2 rings (SSSR count). The van der Waals surface area contributed by atoms with E-state index in [0.29, 0.717) is 11.4 Å². The number of hydrogen-bond donors (Lipinski definition) is 3. The zero-order valence-corrected chi connectivity index (χ0v) is 15.6. The highest BCUT2D eigenvalue weighted by molar-refractivity contribution is 9.10. The molecular weight excluding hydrogens is 386 g/mol. The van der Waals surface area contributed by atoms with Gasteiger partial charge in [-0.2, -0.15) is 0 Å². The maximum atomic E-state index is 12.5. The Hall–Kier alpha value is -2.54. The Balaban J connectivity index is 2.15.